The molecule has 0 saturated heterocycles. The standard InChI is InChI=1S/C12H23N5O/c1-8(2)5-10(13)12(18)14-6-11-16-15-7-17(11)9(3)4/h7-10H,5-6,13H2,1-4H3,(H,14,18)/t10-/m0/s1. The molecule has 0 aliphatic carbocycles. The topological polar surface area (TPSA) is 85.8 Å². The van der Waals surface area contributed by atoms with E-state index in [0.717, 1.165) is 5.82 Å². The Bertz CT molecular complexity index is 386. The summed E-state index contributed by atoms with van der Waals surface area (Å²) in [6.45, 7) is 8.53. The first-order valence-corrected chi connectivity index (χ1v) is 6.33. The quantitative estimate of drug-likeness (QED) is 0.787. The van der Waals surface area contributed by atoms with Crippen LogP contribution in [0.4, 0.5) is 0 Å². The molecule has 1 aromatic heterocycles. The van der Waals surface area contributed by atoms with Crippen molar-refractivity contribution in [2.45, 2.75) is 52.7 Å². The molecule has 0 saturated carbocycles. The molecule has 1 heterocycles. The molecule has 102 valence electrons. The van der Waals surface area contributed by atoms with E-state index in [1.807, 2.05) is 32.3 Å². The van der Waals surface area contributed by atoms with Gasteiger partial charge in [0, 0.05) is 6.04 Å². The van der Waals surface area contributed by atoms with E-state index in [2.05, 4.69) is 15.5 Å². The molecule has 6 heteroatoms. The zero-order valence-corrected chi connectivity index (χ0v) is 11.6. The van der Waals surface area contributed by atoms with E-state index in [1.165, 1.54) is 0 Å². The van der Waals surface area contributed by atoms with Crippen LogP contribution in [0.15, 0.2) is 6.33 Å². The van der Waals surface area contributed by atoms with Crippen molar-refractivity contribution >= 4 is 5.91 Å². The molecule has 0 radical (unpaired) electrons. The SMILES string of the molecule is CC(C)C[C@H](N)C(=O)NCc1nncn1C(C)C. The Morgan fingerprint density at radius 2 is 2.11 bits per heavy atom. The summed E-state index contributed by atoms with van der Waals surface area (Å²) in [6.07, 6.45) is 2.35. The van der Waals surface area contributed by atoms with E-state index in [1.54, 1.807) is 6.33 Å². The number of nitrogens with zero attached hydrogens (tertiary/aromatic N) is 3. The van der Waals surface area contributed by atoms with Crippen LogP contribution < -0.4 is 11.1 Å². The van der Waals surface area contributed by atoms with Crippen LogP contribution in [0.2, 0.25) is 0 Å². The highest BCUT2D eigenvalue weighted by Gasteiger charge is 2.16. The van der Waals surface area contributed by atoms with E-state index in [0.29, 0.717) is 18.9 Å². The Balaban J connectivity index is 2.49. The lowest BCUT2D eigenvalue weighted by atomic mass is 10.0. The number of hydrogen-bond acceptors (Lipinski definition) is 4. The summed E-state index contributed by atoms with van der Waals surface area (Å²) in [5.41, 5.74) is 5.80. The average Bonchev–Trinajstić information content (AvgIpc) is 2.72. The molecule has 0 aromatic carbocycles. The Kier molecular flexibility index (Phi) is 5.27. The van der Waals surface area contributed by atoms with E-state index in [-0.39, 0.29) is 11.9 Å². The zero-order valence-electron chi connectivity index (χ0n) is 11.6. The normalized spacial score (nSPS) is 13.1. The van der Waals surface area contributed by atoms with E-state index in [4.69, 9.17) is 5.73 Å². The molecule has 0 aliphatic rings. The molecule has 1 rings (SSSR count). The second-order valence-corrected chi connectivity index (χ2v) is 5.20. The van der Waals surface area contributed by atoms with Gasteiger partial charge in [-0.25, -0.2) is 0 Å². The van der Waals surface area contributed by atoms with Gasteiger partial charge >= 0.3 is 0 Å². The number of carbonyl (C=O) groups excluding carboxylic acids is 1. The minimum absolute atomic E-state index is 0.137. The summed E-state index contributed by atoms with van der Waals surface area (Å²) in [5, 5.41) is 10.6. The van der Waals surface area contributed by atoms with Crippen molar-refractivity contribution in [3.8, 4) is 0 Å². The largest absolute Gasteiger partial charge is 0.347 e. The van der Waals surface area contributed by atoms with Crippen molar-refractivity contribution in [3.05, 3.63) is 12.2 Å². The molecule has 6 nitrogen and oxygen atoms in total. The van der Waals surface area contributed by atoms with Crippen molar-refractivity contribution in [1.29, 1.82) is 0 Å². The van der Waals surface area contributed by atoms with Crippen LogP contribution in [0.25, 0.3) is 0 Å². The molecule has 1 aromatic rings. The van der Waals surface area contributed by atoms with Gasteiger partial charge in [0.2, 0.25) is 5.91 Å². The van der Waals surface area contributed by atoms with E-state index in [9.17, 15) is 4.79 Å². The van der Waals surface area contributed by atoms with E-state index >= 15 is 0 Å². The lowest BCUT2D eigenvalue weighted by Crippen LogP contribution is -2.41. The summed E-state index contributed by atoms with van der Waals surface area (Å²) < 4.78 is 1.92. The van der Waals surface area contributed by atoms with Crippen LogP contribution >= 0.6 is 0 Å². The van der Waals surface area contributed by atoms with Crippen molar-refractivity contribution in [2.24, 2.45) is 11.7 Å². The highest BCUT2D eigenvalue weighted by atomic mass is 16.2. The van der Waals surface area contributed by atoms with Crippen molar-refractivity contribution < 1.29 is 4.79 Å². The maximum atomic E-state index is 11.8. The fourth-order valence-corrected chi connectivity index (χ4v) is 1.74. The molecule has 0 unspecified atom stereocenters. The zero-order chi connectivity index (χ0) is 13.7. The summed E-state index contributed by atoms with van der Waals surface area (Å²) in [4.78, 5) is 11.8. The number of nitrogens with one attached hydrogen (secondary N) is 1. The molecule has 1 atom stereocenters. The summed E-state index contributed by atoms with van der Waals surface area (Å²) in [7, 11) is 0. The number of aromatic nitrogens is 3. The van der Waals surface area contributed by atoms with Gasteiger partial charge in [-0.05, 0) is 26.2 Å². The number of hydrogen-bond donors (Lipinski definition) is 2. The monoisotopic (exact) mass is 253 g/mol. The smallest absolute Gasteiger partial charge is 0.237 e. The Morgan fingerprint density at radius 3 is 2.67 bits per heavy atom. The first kappa shape index (κ1) is 14.6. The van der Waals surface area contributed by atoms with Gasteiger partial charge in [0.15, 0.2) is 5.82 Å². The number of carbonyl (C=O) groups is 1. The number of nitrogens with two attached hydrogens (primary N) is 1. The first-order chi connectivity index (χ1) is 8.41. The van der Waals surface area contributed by atoms with Gasteiger partial charge < -0.3 is 15.6 Å². The molecule has 3 N–H and O–H groups in total. The molecule has 0 bridgehead atoms. The molecular formula is C12H23N5O. The van der Waals surface area contributed by atoms with Crippen LogP contribution in [0, 0.1) is 5.92 Å². The van der Waals surface area contributed by atoms with Crippen molar-refractivity contribution in [3.63, 3.8) is 0 Å². The second-order valence-electron chi connectivity index (χ2n) is 5.20. The third-order valence-corrected chi connectivity index (χ3v) is 2.69. The van der Waals surface area contributed by atoms with Gasteiger partial charge in [0.1, 0.15) is 6.33 Å². The maximum Gasteiger partial charge on any atom is 0.237 e. The summed E-state index contributed by atoms with van der Waals surface area (Å²) >= 11 is 0. The molecule has 0 fully saturated rings. The Morgan fingerprint density at radius 1 is 1.44 bits per heavy atom. The number of amides is 1. The minimum Gasteiger partial charge on any atom is -0.347 e. The molecular weight excluding hydrogens is 230 g/mol. The Hall–Kier alpha value is -1.43. The van der Waals surface area contributed by atoms with Gasteiger partial charge in [-0.1, -0.05) is 13.8 Å². The maximum absolute atomic E-state index is 11.8. The predicted octanol–water partition coefficient (Wildman–Crippen LogP) is 0.849. The predicted molar refractivity (Wildman–Crippen MR) is 69.7 cm³/mol. The van der Waals surface area contributed by atoms with Gasteiger partial charge in [-0.3, -0.25) is 4.79 Å². The number of rotatable bonds is 6. The van der Waals surface area contributed by atoms with Gasteiger partial charge in [0.05, 0.1) is 12.6 Å². The first-order valence-electron chi connectivity index (χ1n) is 6.33. The van der Waals surface area contributed by atoms with Gasteiger partial charge in [-0.2, -0.15) is 0 Å². The highest BCUT2D eigenvalue weighted by Crippen LogP contribution is 2.06. The average molecular weight is 253 g/mol. The summed E-state index contributed by atoms with van der Waals surface area (Å²) in [6, 6.07) is -0.184. The molecule has 18 heavy (non-hydrogen) atoms. The highest BCUT2D eigenvalue weighted by molar-refractivity contribution is 5.81. The molecule has 0 spiro atoms. The fraction of sp³-hybridized carbons (Fsp3) is 0.750. The third kappa shape index (κ3) is 4.10. The molecule has 0 aliphatic heterocycles. The second kappa shape index (κ2) is 6.49. The van der Waals surface area contributed by atoms with Crippen LogP contribution in [0.5, 0.6) is 0 Å². The van der Waals surface area contributed by atoms with Crippen molar-refractivity contribution in [2.75, 3.05) is 0 Å². The van der Waals surface area contributed by atoms with Crippen molar-refractivity contribution in [1.82, 2.24) is 20.1 Å². The third-order valence-electron chi connectivity index (χ3n) is 2.69. The van der Waals surface area contributed by atoms with Crippen LogP contribution in [-0.2, 0) is 11.3 Å². The fourth-order valence-electron chi connectivity index (χ4n) is 1.74. The lowest BCUT2D eigenvalue weighted by Gasteiger charge is -2.15. The van der Waals surface area contributed by atoms with E-state index < -0.39 is 6.04 Å². The minimum atomic E-state index is -0.458. The van der Waals surface area contributed by atoms with Gasteiger partial charge in [-0.15, -0.1) is 10.2 Å². The van der Waals surface area contributed by atoms with Gasteiger partial charge in [0.25, 0.3) is 0 Å². The lowest BCUT2D eigenvalue weighted by molar-refractivity contribution is -0.122. The van der Waals surface area contributed by atoms with Crippen LogP contribution in [0.3, 0.4) is 0 Å². The van der Waals surface area contributed by atoms with Crippen LogP contribution in [-0.4, -0.2) is 26.7 Å². The summed E-state index contributed by atoms with van der Waals surface area (Å²) in [5.74, 6) is 1.02. The van der Waals surface area contributed by atoms with Crippen LogP contribution in [0.1, 0.15) is 46.0 Å². The Labute approximate surface area is 108 Å². The molecule has 1 amide bonds.